The van der Waals surface area contributed by atoms with E-state index in [2.05, 4.69) is 10.4 Å². The van der Waals surface area contributed by atoms with Crippen LogP contribution in [0.15, 0.2) is 29.5 Å². The second-order valence-corrected chi connectivity index (χ2v) is 4.05. The number of nitrogens with one attached hydrogen (secondary N) is 1. The monoisotopic (exact) mass is 250 g/mol. The number of rotatable bonds is 7. The van der Waals surface area contributed by atoms with Crippen molar-refractivity contribution >= 4 is 5.52 Å². The largest absolute Gasteiger partial charge is 0.385 e. The first-order chi connectivity index (χ1) is 8.83. The molecular weight excluding hydrogens is 232 g/mol. The predicted molar refractivity (Wildman–Crippen MR) is 68.8 cm³/mol. The van der Waals surface area contributed by atoms with Gasteiger partial charge in [0.05, 0.1) is 6.20 Å². The molecule has 0 radical (unpaired) electrons. The third kappa shape index (κ3) is 2.96. The summed E-state index contributed by atoms with van der Waals surface area (Å²) in [6.45, 7) is 3.09. The van der Waals surface area contributed by atoms with Gasteiger partial charge in [-0.25, -0.2) is 4.52 Å². The molecule has 0 amide bonds. The van der Waals surface area contributed by atoms with E-state index in [-0.39, 0.29) is 5.56 Å². The Balaban J connectivity index is 1.88. The van der Waals surface area contributed by atoms with Crippen LogP contribution in [-0.2, 0) is 11.3 Å². The second kappa shape index (κ2) is 6.32. The lowest BCUT2D eigenvalue weighted by Gasteiger charge is -2.07. The minimum atomic E-state index is -0.00584. The van der Waals surface area contributed by atoms with Crippen LogP contribution < -0.4 is 10.9 Å². The minimum absolute atomic E-state index is 0.00584. The van der Waals surface area contributed by atoms with Crippen molar-refractivity contribution in [2.75, 3.05) is 26.8 Å². The SMILES string of the molecule is COCCCNCCn1ccn2nccc2c1=O. The van der Waals surface area contributed by atoms with Crippen molar-refractivity contribution in [2.45, 2.75) is 13.0 Å². The first kappa shape index (κ1) is 12.8. The van der Waals surface area contributed by atoms with Gasteiger partial charge in [0.1, 0.15) is 5.52 Å². The molecule has 6 nitrogen and oxygen atoms in total. The van der Waals surface area contributed by atoms with Crippen molar-refractivity contribution in [1.29, 1.82) is 0 Å². The Morgan fingerprint density at radius 2 is 2.28 bits per heavy atom. The highest BCUT2D eigenvalue weighted by molar-refractivity contribution is 5.42. The minimum Gasteiger partial charge on any atom is -0.385 e. The third-order valence-electron chi connectivity index (χ3n) is 2.77. The maximum absolute atomic E-state index is 12.0. The molecule has 0 saturated heterocycles. The lowest BCUT2D eigenvalue weighted by Crippen LogP contribution is -2.28. The number of methoxy groups -OCH3 is 1. The maximum atomic E-state index is 12.0. The molecule has 18 heavy (non-hydrogen) atoms. The quantitative estimate of drug-likeness (QED) is 0.709. The molecule has 2 aromatic rings. The number of nitrogens with zero attached hydrogens (tertiary/aromatic N) is 3. The second-order valence-electron chi connectivity index (χ2n) is 4.05. The molecule has 0 fully saturated rings. The normalized spacial score (nSPS) is 11.2. The molecule has 0 aliphatic rings. The summed E-state index contributed by atoms with van der Waals surface area (Å²) >= 11 is 0. The number of hydrogen-bond donors (Lipinski definition) is 1. The van der Waals surface area contributed by atoms with Crippen LogP contribution in [0.3, 0.4) is 0 Å². The standard InChI is InChI=1S/C12H18N4O2/c1-18-10-2-4-13-6-7-15-8-9-16-11(12(15)17)3-5-14-16/h3,5,8-9,13H,2,4,6-7,10H2,1H3. The fourth-order valence-corrected chi connectivity index (χ4v) is 1.80. The number of ether oxygens (including phenoxy) is 1. The van der Waals surface area contributed by atoms with Gasteiger partial charge in [0.15, 0.2) is 0 Å². The number of fused-ring (bicyclic) bond motifs is 1. The van der Waals surface area contributed by atoms with Gasteiger partial charge >= 0.3 is 0 Å². The van der Waals surface area contributed by atoms with E-state index in [4.69, 9.17) is 4.74 Å². The van der Waals surface area contributed by atoms with E-state index < -0.39 is 0 Å². The molecule has 0 atom stereocenters. The van der Waals surface area contributed by atoms with Crippen molar-refractivity contribution in [2.24, 2.45) is 0 Å². The smallest absolute Gasteiger partial charge is 0.276 e. The van der Waals surface area contributed by atoms with Crippen LogP contribution in [0.25, 0.3) is 5.52 Å². The Labute approximate surface area is 105 Å². The van der Waals surface area contributed by atoms with E-state index in [1.807, 2.05) is 0 Å². The van der Waals surface area contributed by atoms with E-state index in [9.17, 15) is 4.79 Å². The zero-order valence-electron chi connectivity index (χ0n) is 10.5. The Kier molecular flexibility index (Phi) is 4.49. The molecular formula is C12H18N4O2. The summed E-state index contributed by atoms with van der Waals surface area (Å²) in [5, 5.41) is 7.30. The number of hydrogen-bond acceptors (Lipinski definition) is 4. The van der Waals surface area contributed by atoms with Gasteiger partial charge < -0.3 is 14.6 Å². The van der Waals surface area contributed by atoms with E-state index in [0.29, 0.717) is 12.1 Å². The zero-order chi connectivity index (χ0) is 12.8. The summed E-state index contributed by atoms with van der Waals surface area (Å²) in [6.07, 6.45) is 6.16. The van der Waals surface area contributed by atoms with Gasteiger partial charge in [-0.2, -0.15) is 5.10 Å². The lowest BCUT2D eigenvalue weighted by molar-refractivity contribution is 0.194. The fourth-order valence-electron chi connectivity index (χ4n) is 1.80. The van der Waals surface area contributed by atoms with Crippen LogP contribution >= 0.6 is 0 Å². The summed E-state index contributed by atoms with van der Waals surface area (Å²) in [6, 6.07) is 1.73. The van der Waals surface area contributed by atoms with Crippen LogP contribution in [0.4, 0.5) is 0 Å². The first-order valence-corrected chi connectivity index (χ1v) is 6.05. The van der Waals surface area contributed by atoms with Crippen molar-refractivity contribution in [3.05, 3.63) is 35.0 Å². The van der Waals surface area contributed by atoms with Crippen LogP contribution in [-0.4, -0.2) is 41.0 Å². The summed E-state index contributed by atoms with van der Waals surface area (Å²) in [4.78, 5) is 12.0. The van der Waals surface area contributed by atoms with Crippen LogP contribution in [0.5, 0.6) is 0 Å². The molecule has 98 valence electrons. The topological polar surface area (TPSA) is 60.6 Å². The molecule has 2 rings (SSSR count). The summed E-state index contributed by atoms with van der Waals surface area (Å²) < 4.78 is 8.24. The molecule has 6 heteroatoms. The molecule has 2 heterocycles. The van der Waals surface area contributed by atoms with Gasteiger partial charge in [0.25, 0.3) is 5.56 Å². The molecule has 1 N–H and O–H groups in total. The highest BCUT2D eigenvalue weighted by Crippen LogP contribution is 1.93. The van der Waals surface area contributed by atoms with Crippen LogP contribution in [0.2, 0.25) is 0 Å². The van der Waals surface area contributed by atoms with Crippen LogP contribution in [0.1, 0.15) is 6.42 Å². The highest BCUT2D eigenvalue weighted by Gasteiger charge is 2.02. The third-order valence-corrected chi connectivity index (χ3v) is 2.77. The molecule has 0 aromatic carbocycles. The predicted octanol–water partition coefficient (Wildman–Crippen LogP) is 0.122. The van der Waals surface area contributed by atoms with E-state index in [1.165, 1.54) is 0 Å². The summed E-state index contributed by atoms with van der Waals surface area (Å²) in [5.41, 5.74) is 0.602. The van der Waals surface area contributed by atoms with Gasteiger partial charge in [-0.05, 0) is 19.0 Å². The highest BCUT2D eigenvalue weighted by atomic mass is 16.5. The average molecular weight is 250 g/mol. The van der Waals surface area contributed by atoms with E-state index >= 15 is 0 Å². The Hall–Kier alpha value is -1.66. The molecule has 2 aromatic heterocycles. The molecule has 0 saturated carbocycles. The lowest BCUT2D eigenvalue weighted by atomic mass is 10.4. The Bertz CT molecular complexity index is 546. The van der Waals surface area contributed by atoms with E-state index in [0.717, 1.165) is 26.1 Å². The summed E-state index contributed by atoms with van der Waals surface area (Å²) in [7, 11) is 1.69. The molecule has 0 aliphatic heterocycles. The van der Waals surface area contributed by atoms with Crippen molar-refractivity contribution in [3.63, 3.8) is 0 Å². The molecule has 0 bridgehead atoms. The van der Waals surface area contributed by atoms with Gasteiger partial charge in [-0.1, -0.05) is 0 Å². The van der Waals surface area contributed by atoms with Crippen LogP contribution in [0, 0.1) is 0 Å². The average Bonchev–Trinajstić information content (AvgIpc) is 2.85. The first-order valence-electron chi connectivity index (χ1n) is 6.05. The summed E-state index contributed by atoms with van der Waals surface area (Å²) in [5.74, 6) is 0. The maximum Gasteiger partial charge on any atom is 0.276 e. The van der Waals surface area contributed by atoms with Crippen molar-refractivity contribution < 1.29 is 4.74 Å². The molecule has 0 spiro atoms. The van der Waals surface area contributed by atoms with Crippen molar-refractivity contribution in [1.82, 2.24) is 19.5 Å². The van der Waals surface area contributed by atoms with Gasteiger partial charge in [-0.3, -0.25) is 4.79 Å². The zero-order valence-corrected chi connectivity index (χ0v) is 10.5. The van der Waals surface area contributed by atoms with Gasteiger partial charge in [0.2, 0.25) is 0 Å². The van der Waals surface area contributed by atoms with Crippen molar-refractivity contribution in [3.8, 4) is 0 Å². The fraction of sp³-hybridized carbons (Fsp3) is 0.500. The Morgan fingerprint density at radius 1 is 1.39 bits per heavy atom. The van der Waals surface area contributed by atoms with Gasteiger partial charge in [-0.15, -0.1) is 0 Å². The molecule has 0 aliphatic carbocycles. The van der Waals surface area contributed by atoms with Gasteiger partial charge in [0, 0.05) is 39.2 Å². The number of aromatic nitrogens is 3. The van der Waals surface area contributed by atoms with E-state index in [1.54, 1.807) is 40.8 Å². The molecule has 0 unspecified atom stereocenters. The Morgan fingerprint density at radius 3 is 3.11 bits per heavy atom.